The summed E-state index contributed by atoms with van der Waals surface area (Å²) in [7, 11) is 0. The van der Waals surface area contributed by atoms with Crippen LogP contribution in [0.15, 0.2) is 54.6 Å². The smallest absolute Gasteiger partial charge is 0.200 e. The van der Waals surface area contributed by atoms with Gasteiger partial charge in [-0.25, -0.2) is 22.0 Å². The van der Waals surface area contributed by atoms with Gasteiger partial charge in [-0.3, -0.25) is 4.79 Å². The van der Waals surface area contributed by atoms with Crippen molar-refractivity contribution in [1.82, 2.24) is 0 Å². The second-order valence-corrected chi connectivity index (χ2v) is 6.26. The van der Waals surface area contributed by atoms with Crippen molar-refractivity contribution < 1.29 is 26.7 Å². The molecule has 8 heteroatoms. The number of carbonyl (C=O) groups is 1. The van der Waals surface area contributed by atoms with E-state index in [0.717, 1.165) is 0 Å². The van der Waals surface area contributed by atoms with Crippen molar-refractivity contribution in [3.8, 4) is 0 Å². The molecule has 0 saturated carbocycles. The number of nitrogens with one attached hydrogen (secondary N) is 1. The Labute approximate surface area is 163 Å². The fourth-order valence-electron chi connectivity index (χ4n) is 2.90. The van der Waals surface area contributed by atoms with Crippen LogP contribution in [0.1, 0.15) is 28.4 Å². The van der Waals surface area contributed by atoms with E-state index in [1.54, 1.807) is 30.3 Å². The third kappa shape index (κ3) is 4.06. The van der Waals surface area contributed by atoms with Crippen LogP contribution in [0.2, 0.25) is 0 Å². The first-order valence-electron chi connectivity index (χ1n) is 8.51. The largest absolute Gasteiger partial charge is 0.397 e. The number of halogens is 5. The standard InChI is InChI=1S/C21H15F5N2O/c22-17-16(18(23)20(25)21(26)19(17)24)14(28-13-9-5-4-8-12(13)27)10-15(29)11-6-2-1-3-7-11/h1-9,14,28H,10,27H2. The summed E-state index contributed by atoms with van der Waals surface area (Å²) >= 11 is 0. The highest BCUT2D eigenvalue weighted by atomic mass is 19.2. The minimum Gasteiger partial charge on any atom is -0.397 e. The van der Waals surface area contributed by atoms with Gasteiger partial charge in [-0.1, -0.05) is 42.5 Å². The molecule has 3 N–H and O–H groups in total. The molecule has 0 heterocycles. The number of para-hydroxylation sites is 2. The molecule has 150 valence electrons. The van der Waals surface area contributed by atoms with Crippen LogP contribution >= 0.6 is 0 Å². The first-order valence-corrected chi connectivity index (χ1v) is 8.51. The molecule has 1 unspecified atom stereocenters. The predicted octanol–water partition coefficient (Wildman–Crippen LogP) is 5.39. The third-order valence-corrected chi connectivity index (χ3v) is 4.37. The van der Waals surface area contributed by atoms with Crippen LogP contribution in [0, 0.1) is 29.1 Å². The maximum atomic E-state index is 14.4. The summed E-state index contributed by atoms with van der Waals surface area (Å²) < 4.78 is 69.7. The molecular weight excluding hydrogens is 391 g/mol. The van der Waals surface area contributed by atoms with Crippen LogP contribution in [0.25, 0.3) is 0 Å². The number of rotatable bonds is 6. The molecule has 3 rings (SSSR count). The molecule has 0 bridgehead atoms. The lowest BCUT2D eigenvalue weighted by Gasteiger charge is -2.22. The number of Topliss-reactive ketones (excluding diaryl/α,β-unsaturated/α-hetero) is 1. The molecule has 3 aromatic carbocycles. The molecule has 0 saturated heterocycles. The number of benzene rings is 3. The van der Waals surface area contributed by atoms with Gasteiger partial charge < -0.3 is 11.1 Å². The first-order chi connectivity index (χ1) is 13.8. The van der Waals surface area contributed by atoms with Gasteiger partial charge >= 0.3 is 0 Å². The molecule has 0 aromatic heterocycles. The second-order valence-electron chi connectivity index (χ2n) is 6.26. The highest BCUT2D eigenvalue weighted by Crippen LogP contribution is 2.33. The Balaban J connectivity index is 2.09. The average Bonchev–Trinajstić information content (AvgIpc) is 2.73. The van der Waals surface area contributed by atoms with Crippen molar-refractivity contribution >= 4 is 17.2 Å². The normalized spacial score (nSPS) is 11.9. The van der Waals surface area contributed by atoms with Gasteiger partial charge in [0, 0.05) is 12.0 Å². The van der Waals surface area contributed by atoms with Crippen molar-refractivity contribution in [2.45, 2.75) is 12.5 Å². The molecule has 0 aliphatic heterocycles. The second kappa shape index (κ2) is 8.30. The van der Waals surface area contributed by atoms with Crippen molar-refractivity contribution in [2.24, 2.45) is 0 Å². The van der Waals surface area contributed by atoms with Crippen LogP contribution in [-0.4, -0.2) is 5.78 Å². The Bertz CT molecular complexity index is 1030. The van der Waals surface area contributed by atoms with E-state index in [9.17, 15) is 26.7 Å². The molecule has 29 heavy (non-hydrogen) atoms. The topological polar surface area (TPSA) is 55.1 Å². The summed E-state index contributed by atoms with van der Waals surface area (Å²) in [6.07, 6.45) is -0.573. The summed E-state index contributed by atoms with van der Waals surface area (Å²) in [5, 5.41) is 2.64. The molecule has 0 fully saturated rings. The van der Waals surface area contributed by atoms with E-state index >= 15 is 0 Å². The molecule has 3 nitrogen and oxygen atoms in total. The van der Waals surface area contributed by atoms with Crippen LogP contribution in [0.4, 0.5) is 33.3 Å². The first kappa shape index (κ1) is 20.3. The van der Waals surface area contributed by atoms with Crippen molar-refractivity contribution in [1.29, 1.82) is 0 Å². The molecular formula is C21H15F5N2O. The van der Waals surface area contributed by atoms with E-state index in [2.05, 4.69) is 5.32 Å². The van der Waals surface area contributed by atoms with Gasteiger partial charge in [0.15, 0.2) is 29.1 Å². The maximum absolute atomic E-state index is 14.4. The zero-order chi connectivity index (χ0) is 21.1. The fourth-order valence-corrected chi connectivity index (χ4v) is 2.90. The van der Waals surface area contributed by atoms with E-state index in [1.165, 1.54) is 24.3 Å². The number of anilines is 2. The van der Waals surface area contributed by atoms with Gasteiger partial charge in [-0.05, 0) is 12.1 Å². The minimum absolute atomic E-state index is 0.175. The monoisotopic (exact) mass is 406 g/mol. The van der Waals surface area contributed by atoms with E-state index in [4.69, 9.17) is 5.73 Å². The quantitative estimate of drug-likeness (QED) is 0.190. The number of ketones is 1. The SMILES string of the molecule is Nc1ccccc1NC(CC(=O)c1ccccc1)c1c(F)c(F)c(F)c(F)c1F. The molecule has 0 aliphatic carbocycles. The Morgan fingerprint density at radius 2 is 1.31 bits per heavy atom. The van der Waals surface area contributed by atoms with Crippen LogP contribution < -0.4 is 11.1 Å². The number of hydrogen-bond donors (Lipinski definition) is 2. The molecule has 0 spiro atoms. The Morgan fingerprint density at radius 1 is 0.793 bits per heavy atom. The summed E-state index contributed by atoms with van der Waals surface area (Å²) in [5.74, 6) is -11.0. The molecule has 0 amide bonds. The number of nitrogens with two attached hydrogens (primary N) is 1. The van der Waals surface area contributed by atoms with Gasteiger partial charge in [0.25, 0.3) is 0 Å². The molecule has 0 aliphatic rings. The molecule has 0 radical (unpaired) electrons. The highest BCUT2D eigenvalue weighted by Gasteiger charge is 2.32. The van der Waals surface area contributed by atoms with Crippen LogP contribution in [0.5, 0.6) is 0 Å². The lowest BCUT2D eigenvalue weighted by Crippen LogP contribution is -2.21. The van der Waals surface area contributed by atoms with Crippen molar-refractivity contribution in [3.63, 3.8) is 0 Å². The fraction of sp³-hybridized carbons (Fsp3) is 0.0952. The number of hydrogen-bond acceptors (Lipinski definition) is 3. The number of carbonyl (C=O) groups excluding carboxylic acids is 1. The van der Waals surface area contributed by atoms with Crippen molar-refractivity contribution in [2.75, 3.05) is 11.1 Å². The highest BCUT2D eigenvalue weighted by molar-refractivity contribution is 5.96. The van der Waals surface area contributed by atoms with Gasteiger partial charge in [0.1, 0.15) is 0 Å². The van der Waals surface area contributed by atoms with E-state index in [-0.39, 0.29) is 16.9 Å². The van der Waals surface area contributed by atoms with Gasteiger partial charge in [0.05, 0.1) is 23.0 Å². The summed E-state index contributed by atoms with van der Waals surface area (Å²) in [5.41, 5.74) is 5.26. The minimum atomic E-state index is -2.27. The lowest BCUT2D eigenvalue weighted by molar-refractivity contribution is 0.0975. The summed E-state index contributed by atoms with van der Waals surface area (Å²) in [4.78, 5) is 12.6. The van der Waals surface area contributed by atoms with Gasteiger partial charge in [-0.2, -0.15) is 0 Å². The Hall–Kier alpha value is -3.42. The third-order valence-electron chi connectivity index (χ3n) is 4.37. The Morgan fingerprint density at radius 3 is 1.90 bits per heavy atom. The van der Waals surface area contributed by atoms with E-state index in [1.807, 2.05) is 0 Å². The summed E-state index contributed by atoms with van der Waals surface area (Å²) in [6.45, 7) is 0. The molecule has 3 aromatic rings. The predicted molar refractivity (Wildman–Crippen MR) is 98.8 cm³/mol. The molecule has 1 atom stereocenters. The van der Waals surface area contributed by atoms with Crippen molar-refractivity contribution in [3.05, 3.63) is 94.8 Å². The lowest BCUT2D eigenvalue weighted by atomic mass is 9.96. The summed E-state index contributed by atoms with van der Waals surface area (Å²) in [6, 6.07) is 12.4. The Kier molecular flexibility index (Phi) is 5.81. The van der Waals surface area contributed by atoms with Crippen LogP contribution in [0.3, 0.4) is 0 Å². The zero-order valence-electron chi connectivity index (χ0n) is 14.9. The van der Waals surface area contributed by atoms with Crippen LogP contribution in [-0.2, 0) is 0 Å². The van der Waals surface area contributed by atoms with E-state index in [0.29, 0.717) is 0 Å². The number of nitrogen functional groups attached to an aromatic ring is 1. The van der Waals surface area contributed by atoms with Gasteiger partial charge in [0.2, 0.25) is 5.82 Å². The van der Waals surface area contributed by atoms with Gasteiger partial charge in [-0.15, -0.1) is 0 Å². The zero-order valence-corrected chi connectivity index (χ0v) is 14.9. The maximum Gasteiger partial charge on any atom is 0.200 e. The van der Waals surface area contributed by atoms with E-state index < -0.39 is 52.9 Å². The average molecular weight is 406 g/mol.